The molecule has 2 fully saturated rings. The van der Waals surface area contributed by atoms with Gasteiger partial charge in [-0.25, -0.2) is 0 Å². The summed E-state index contributed by atoms with van der Waals surface area (Å²) < 4.78 is 2.80. The van der Waals surface area contributed by atoms with Gasteiger partial charge in [-0.1, -0.05) is 7.43 Å². The van der Waals surface area contributed by atoms with Gasteiger partial charge in [0, 0.05) is 0 Å². The third-order valence-corrected chi connectivity index (χ3v) is 7.79. The molecule has 0 saturated heterocycles. The molecule has 4 heteroatoms. The third-order valence-electron chi connectivity index (χ3n) is 4.77. The summed E-state index contributed by atoms with van der Waals surface area (Å²) in [5, 5.41) is 4.86. The van der Waals surface area contributed by atoms with Crippen LogP contribution in [0.3, 0.4) is 0 Å². The maximum atomic E-state index is 4.86. The van der Waals surface area contributed by atoms with Gasteiger partial charge in [0.05, 0.1) is 0 Å². The molecule has 4 rings (SSSR count). The van der Waals surface area contributed by atoms with E-state index < -0.39 is 0 Å². The Bertz CT molecular complexity index is 579. The monoisotopic (exact) mass is 418 g/mol. The Kier molecular flexibility index (Phi) is 3.36. The summed E-state index contributed by atoms with van der Waals surface area (Å²) in [6, 6.07) is 0. The van der Waals surface area contributed by atoms with E-state index in [1.807, 2.05) is 41.6 Å². The number of hydrogen-bond acceptors (Lipinski definition) is 1. The summed E-state index contributed by atoms with van der Waals surface area (Å²) >= 11 is 3.95. The second-order valence-electron chi connectivity index (χ2n) is 6.16. The molecule has 2 nitrogen and oxygen atoms in total. The van der Waals surface area contributed by atoms with Crippen molar-refractivity contribution in [2.45, 2.75) is 54.9 Å². The van der Waals surface area contributed by atoms with Crippen LogP contribution in [0.5, 0.6) is 0 Å². The van der Waals surface area contributed by atoms with Crippen molar-refractivity contribution in [2.24, 2.45) is 5.92 Å². The average molecular weight is 420 g/mol. The molecule has 0 aromatic carbocycles. The normalized spacial score (nSPS) is 33.5. The van der Waals surface area contributed by atoms with E-state index in [1.165, 1.54) is 25.0 Å². The number of allylic oxidation sites excluding steroid dienone is 2. The zero-order valence-electron chi connectivity index (χ0n) is 10.9. The van der Waals surface area contributed by atoms with E-state index in [0.717, 1.165) is 18.4 Å². The first kappa shape index (κ1) is 14.3. The molecule has 1 aromatic heterocycles. The Hall–Kier alpha value is 0.405. The van der Waals surface area contributed by atoms with Crippen LogP contribution in [0, 0.1) is 12.8 Å². The van der Waals surface area contributed by atoms with Crippen LogP contribution >= 0.6 is 0 Å². The molecule has 3 aliphatic rings. The third kappa shape index (κ3) is 2.03. The average Bonchev–Trinajstić information content (AvgIpc) is 3.17. The van der Waals surface area contributed by atoms with Crippen LogP contribution in [0.1, 0.15) is 56.5 Å². The number of aromatic nitrogens is 2. The quantitative estimate of drug-likeness (QED) is 0.532. The molecule has 3 unspecified atom stereocenters. The molecular formula is C15H20GaN2Sb. The number of hydrogen-bond donors (Lipinski definition) is 0. The molecule has 4 radical (unpaired) electrons. The molecule has 0 N–H and O–H groups in total. The molecule has 0 amide bonds. The fourth-order valence-electron chi connectivity index (χ4n) is 3.58. The van der Waals surface area contributed by atoms with Crippen LogP contribution in [0.2, 0.25) is 0 Å². The number of rotatable bonds is 2. The Labute approximate surface area is 139 Å². The van der Waals surface area contributed by atoms with E-state index in [2.05, 4.69) is 18.5 Å². The molecule has 1 heterocycles. The predicted molar refractivity (Wildman–Crippen MR) is 79.7 cm³/mol. The van der Waals surface area contributed by atoms with Crippen LogP contribution < -0.4 is 0 Å². The molecule has 0 aliphatic heterocycles. The summed E-state index contributed by atoms with van der Waals surface area (Å²) in [6.07, 6.45) is 4.08. The van der Waals surface area contributed by atoms with Crippen molar-refractivity contribution >= 4 is 41.6 Å². The van der Waals surface area contributed by atoms with Gasteiger partial charge in [-0.15, -0.1) is 0 Å². The summed E-state index contributed by atoms with van der Waals surface area (Å²) in [5.41, 5.74) is 7.76. The fourth-order valence-corrected chi connectivity index (χ4v) is 6.48. The van der Waals surface area contributed by atoms with Gasteiger partial charge in [0.1, 0.15) is 0 Å². The Balaban J connectivity index is 0.00000110. The number of nitrogens with zero attached hydrogens (tertiary/aromatic N) is 2. The second-order valence-corrected chi connectivity index (χ2v) is 13.2. The van der Waals surface area contributed by atoms with Gasteiger partial charge in [0.2, 0.25) is 0 Å². The molecule has 3 aliphatic carbocycles. The molecule has 2 saturated carbocycles. The zero-order chi connectivity index (χ0) is 12.7. The SMILES string of the molecule is C.CC(Cn1nc(C)c2c1[C]([Ga])([Sb])C1CC21)=C1CC1. The van der Waals surface area contributed by atoms with Crippen LogP contribution in [0.4, 0.5) is 0 Å². The molecule has 3 atom stereocenters. The van der Waals surface area contributed by atoms with Crippen molar-refractivity contribution in [3.05, 3.63) is 28.1 Å². The van der Waals surface area contributed by atoms with Crippen LogP contribution in [-0.2, 0) is 8.46 Å². The molecule has 0 bridgehead atoms. The first-order valence-corrected chi connectivity index (χ1v) is 9.25. The van der Waals surface area contributed by atoms with Gasteiger partial charge < -0.3 is 0 Å². The van der Waals surface area contributed by atoms with Gasteiger partial charge in [0.25, 0.3) is 0 Å². The summed E-state index contributed by atoms with van der Waals surface area (Å²) in [6.45, 7) is 5.55. The predicted octanol–water partition coefficient (Wildman–Crippen LogP) is 2.54. The molecule has 19 heavy (non-hydrogen) atoms. The Morgan fingerprint density at radius 2 is 2.21 bits per heavy atom. The maximum absolute atomic E-state index is 4.86. The standard InChI is InChI=1S/C14H16N2.CH4.Ga.Sb/c1-8(10-3-4-10)7-16-13-6-11-5-12(11)14(13)9(2)15-16;;;/h11-12H,3-5,7H2,1-2H3;1H4;;. The molecule has 1 aromatic rings. The fraction of sp³-hybridized carbons (Fsp3) is 0.667. The van der Waals surface area contributed by atoms with E-state index in [1.54, 1.807) is 22.4 Å². The van der Waals surface area contributed by atoms with E-state index in [0.29, 0.717) is 1.92 Å². The molecular weight excluding hydrogens is 400 g/mol. The molecule has 98 valence electrons. The van der Waals surface area contributed by atoms with Crippen molar-refractivity contribution in [1.82, 2.24) is 9.78 Å². The first-order chi connectivity index (χ1) is 8.50. The van der Waals surface area contributed by atoms with Crippen LogP contribution in [0.15, 0.2) is 11.1 Å². The van der Waals surface area contributed by atoms with Gasteiger partial charge >= 0.3 is 133 Å². The van der Waals surface area contributed by atoms with Crippen molar-refractivity contribution in [3.63, 3.8) is 0 Å². The minimum absolute atomic E-state index is 0. The van der Waals surface area contributed by atoms with Gasteiger partial charge in [0.15, 0.2) is 0 Å². The van der Waals surface area contributed by atoms with Crippen molar-refractivity contribution in [2.75, 3.05) is 0 Å². The zero-order valence-corrected chi connectivity index (χ0v) is 15.9. The minimum atomic E-state index is 0. The van der Waals surface area contributed by atoms with E-state index in [4.69, 9.17) is 5.10 Å². The van der Waals surface area contributed by atoms with E-state index >= 15 is 0 Å². The molecule has 0 spiro atoms. The van der Waals surface area contributed by atoms with Crippen molar-refractivity contribution in [1.29, 1.82) is 0 Å². The summed E-state index contributed by atoms with van der Waals surface area (Å²) in [7, 11) is 0. The Morgan fingerprint density at radius 1 is 1.53 bits per heavy atom. The van der Waals surface area contributed by atoms with Crippen LogP contribution in [-0.4, -0.2) is 51.4 Å². The topological polar surface area (TPSA) is 17.8 Å². The van der Waals surface area contributed by atoms with Gasteiger partial charge in [-0.2, -0.15) is 0 Å². The first-order valence-electron chi connectivity index (χ1n) is 6.76. The Morgan fingerprint density at radius 3 is 2.84 bits per heavy atom. The number of fused-ring (bicyclic) bond motifs is 3. The van der Waals surface area contributed by atoms with Gasteiger partial charge in [-0.05, 0) is 0 Å². The summed E-state index contributed by atoms with van der Waals surface area (Å²) in [5.74, 6) is 1.80. The second kappa shape index (κ2) is 4.45. The van der Waals surface area contributed by atoms with E-state index in [9.17, 15) is 0 Å². The summed E-state index contributed by atoms with van der Waals surface area (Å²) in [4.78, 5) is 0. The number of aryl methyl sites for hydroxylation is 1. The van der Waals surface area contributed by atoms with Crippen molar-refractivity contribution < 1.29 is 0 Å². The van der Waals surface area contributed by atoms with E-state index in [-0.39, 0.29) is 7.43 Å². The van der Waals surface area contributed by atoms with Gasteiger partial charge in [-0.3, -0.25) is 0 Å². The van der Waals surface area contributed by atoms with Crippen LogP contribution in [0.25, 0.3) is 0 Å². The van der Waals surface area contributed by atoms with Crippen molar-refractivity contribution in [3.8, 4) is 0 Å².